The molecule has 0 aromatic heterocycles. The average molecular weight is 142 g/mol. The largest absolute Gasteiger partial charge is 0.476 e. The molecular weight excluding hydrogens is 141 g/mol. The Bertz CT molecular complexity index is 138. The minimum Gasteiger partial charge on any atom is -0.476 e. The summed E-state index contributed by atoms with van der Waals surface area (Å²) in [6, 6.07) is 0. The molecular formula is C3HClF2O2. The first-order chi connectivity index (χ1) is 3.55. The highest BCUT2D eigenvalue weighted by atomic mass is 35.5. The molecule has 0 heterocycles. The van der Waals surface area contributed by atoms with E-state index in [0.717, 1.165) is 0 Å². The van der Waals surface area contributed by atoms with Gasteiger partial charge in [0.05, 0.1) is 0 Å². The van der Waals surface area contributed by atoms with Gasteiger partial charge >= 0.3 is 5.97 Å². The summed E-state index contributed by atoms with van der Waals surface area (Å²) >= 11 is 4.28. The normalized spacial score (nSPS) is 12.9. The van der Waals surface area contributed by atoms with Gasteiger partial charge in [-0.05, 0) is 11.6 Å². The number of aliphatic carboxylic acids is 1. The van der Waals surface area contributed by atoms with Gasteiger partial charge in [-0.2, -0.15) is 8.78 Å². The van der Waals surface area contributed by atoms with Crippen LogP contribution in [-0.2, 0) is 4.79 Å². The summed E-state index contributed by atoms with van der Waals surface area (Å²) in [7, 11) is 0. The molecule has 0 unspecified atom stereocenters. The second-order valence-corrected chi connectivity index (χ2v) is 1.21. The van der Waals surface area contributed by atoms with E-state index >= 15 is 0 Å². The molecule has 0 bridgehead atoms. The van der Waals surface area contributed by atoms with E-state index < -0.39 is 17.1 Å². The van der Waals surface area contributed by atoms with Gasteiger partial charge in [0.2, 0.25) is 5.29 Å². The van der Waals surface area contributed by atoms with Crippen LogP contribution in [0.25, 0.3) is 0 Å². The zero-order chi connectivity index (χ0) is 6.73. The zero-order valence-corrected chi connectivity index (χ0v) is 4.25. The highest BCUT2D eigenvalue weighted by Crippen LogP contribution is 2.11. The molecule has 5 heteroatoms. The molecule has 0 saturated carbocycles. The van der Waals surface area contributed by atoms with Crippen LogP contribution in [0.5, 0.6) is 0 Å². The summed E-state index contributed by atoms with van der Waals surface area (Å²) in [5.41, 5.74) is 0. The van der Waals surface area contributed by atoms with Crippen molar-refractivity contribution in [3.8, 4) is 0 Å². The minimum absolute atomic E-state index is 1.84. The molecule has 0 atom stereocenters. The Labute approximate surface area is 48.4 Å². The van der Waals surface area contributed by atoms with Crippen molar-refractivity contribution in [2.24, 2.45) is 0 Å². The summed E-state index contributed by atoms with van der Waals surface area (Å²) in [4.78, 5) is 9.38. The van der Waals surface area contributed by atoms with E-state index in [1.165, 1.54) is 0 Å². The van der Waals surface area contributed by atoms with E-state index in [4.69, 9.17) is 5.11 Å². The maximum absolute atomic E-state index is 11.4. The smallest absolute Gasteiger partial charge is 0.368 e. The maximum Gasteiger partial charge on any atom is 0.368 e. The van der Waals surface area contributed by atoms with Crippen LogP contribution in [0.2, 0.25) is 0 Å². The highest BCUT2D eigenvalue weighted by molar-refractivity contribution is 6.29. The molecule has 0 aliphatic rings. The lowest BCUT2D eigenvalue weighted by Gasteiger charge is -1.82. The van der Waals surface area contributed by atoms with Crippen molar-refractivity contribution in [1.82, 2.24) is 0 Å². The third-order valence-electron chi connectivity index (χ3n) is 0.354. The summed E-state index contributed by atoms with van der Waals surface area (Å²) in [5, 5.41) is 5.76. The van der Waals surface area contributed by atoms with E-state index in [1.54, 1.807) is 0 Å². The molecule has 0 fully saturated rings. The van der Waals surface area contributed by atoms with E-state index in [-0.39, 0.29) is 0 Å². The quantitative estimate of drug-likeness (QED) is 0.562. The Hall–Kier alpha value is -0.640. The van der Waals surface area contributed by atoms with Crippen LogP contribution in [0.3, 0.4) is 0 Å². The van der Waals surface area contributed by atoms with Crippen LogP contribution in [0.4, 0.5) is 8.78 Å². The Morgan fingerprint density at radius 3 is 1.88 bits per heavy atom. The van der Waals surface area contributed by atoms with Gasteiger partial charge in [0.15, 0.2) is 0 Å². The van der Waals surface area contributed by atoms with Gasteiger partial charge in [0, 0.05) is 0 Å². The summed E-state index contributed by atoms with van der Waals surface area (Å²) in [6.07, 6.45) is 0. The summed E-state index contributed by atoms with van der Waals surface area (Å²) in [6.45, 7) is 0. The fourth-order valence-corrected chi connectivity index (χ4v) is 0.162. The number of hydrogen-bond acceptors (Lipinski definition) is 1. The fraction of sp³-hybridized carbons (Fsp3) is 0. The molecule has 0 aliphatic carbocycles. The van der Waals surface area contributed by atoms with E-state index in [1.807, 2.05) is 0 Å². The van der Waals surface area contributed by atoms with Crippen molar-refractivity contribution in [3.05, 3.63) is 11.1 Å². The molecule has 2 nitrogen and oxygen atoms in total. The van der Waals surface area contributed by atoms with Gasteiger partial charge in [-0.25, -0.2) is 4.79 Å². The van der Waals surface area contributed by atoms with Crippen LogP contribution >= 0.6 is 11.6 Å². The Morgan fingerprint density at radius 1 is 1.50 bits per heavy atom. The van der Waals surface area contributed by atoms with Crippen molar-refractivity contribution in [1.29, 1.82) is 0 Å². The number of hydrogen-bond donors (Lipinski definition) is 1. The van der Waals surface area contributed by atoms with Crippen molar-refractivity contribution in [2.75, 3.05) is 0 Å². The lowest BCUT2D eigenvalue weighted by Crippen LogP contribution is -1.94. The third-order valence-corrected chi connectivity index (χ3v) is 0.520. The number of halogens is 3. The zero-order valence-electron chi connectivity index (χ0n) is 3.49. The van der Waals surface area contributed by atoms with Crippen LogP contribution in [0, 0.1) is 0 Å². The lowest BCUT2D eigenvalue weighted by atomic mass is 10.6. The Kier molecular flexibility index (Phi) is 2.41. The standard InChI is InChI=1S/C3HClF2O2/c4-2(6)1(5)3(7)8/h(H,7,8)/b2-1-. The van der Waals surface area contributed by atoms with Crippen molar-refractivity contribution in [3.63, 3.8) is 0 Å². The predicted octanol–water partition coefficient (Wildman–Crippen LogP) is 1.42. The highest BCUT2D eigenvalue weighted by Gasteiger charge is 2.10. The van der Waals surface area contributed by atoms with Gasteiger partial charge in [-0.1, -0.05) is 0 Å². The third kappa shape index (κ3) is 1.88. The van der Waals surface area contributed by atoms with Crippen LogP contribution in [-0.4, -0.2) is 11.1 Å². The molecule has 0 aromatic carbocycles. The van der Waals surface area contributed by atoms with Gasteiger partial charge in [-0.15, -0.1) is 0 Å². The van der Waals surface area contributed by atoms with Crippen LogP contribution in [0.1, 0.15) is 0 Å². The lowest BCUT2D eigenvalue weighted by molar-refractivity contribution is -0.134. The average Bonchev–Trinajstić information content (AvgIpc) is 1.64. The predicted molar refractivity (Wildman–Crippen MR) is 22.7 cm³/mol. The summed E-state index contributed by atoms with van der Waals surface area (Å²) in [5.74, 6) is -3.97. The first-order valence-corrected chi connectivity index (χ1v) is 1.87. The first kappa shape index (κ1) is 7.36. The van der Waals surface area contributed by atoms with Crippen LogP contribution < -0.4 is 0 Å². The van der Waals surface area contributed by atoms with Crippen molar-refractivity contribution in [2.45, 2.75) is 0 Å². The number of carbonyl (C=O) groups is 1. The van der Waals surface area contributed by atoms with Gasteiger partial charge < -0.3 is 5.11 Å². The van der Waals surface area contributed by atoms with Crippen LogP contribution in [0.15, 0.2) is 11.1 Å². The molecule has 0 rings (SSSR count). The van der Waals surface area contributed by atoms with Gasteiger partial charge in [0.1, 0.15) is 0 Å². The number of carboxylic acid groups (broad SMARTS) is 1. The number of rotatable bonds is 1. The van der Waals surface area contributed by atoms with E-state index in [9.17, 15) is 13.6 Å². The molecule has 0 aliphatic heterocycles. The van der Waals surface area contributed by atoms with Crippen molar-refractivity contribution >= 4 is 17.6 Å². The van der Waals surface area contributed by atoms with E-state index in [2.05, 4.69) is 11.6 Å². The second-order valence-electron chi connectivity index (χ2n) is 0.880. The monoisotopic (exact) mass is 142 g/mol. The summed E-state index contributed by atoms with van der Waals surface area (Å²) < 4.78 is 22.7. The van der Waals surface area contributed by atoms with E-state index in [0.29, 0.717) is 0 Å². The Balaban J connectivity index is 4.23. The molecule has 0 radical (unpaired) electrons. The number of carboxylic acids is 1. The first-order valence-electron chi connectivity index (χ1n) is 1.49. The SMILES string of the molecule is O=C(O)/C(F)=C(/F)Cl. The van der Waals surface area contributed by atoms with Gasteiger partial charge in [0.25, 0.3) is 5.83 Å². The molecule has 8 heavy (non-hydrogen) atoms. The van der Waals surface area contributed by atoms with Gasteiger partial charge in [-0.3, -0.25) is 0 Å². The maximum atomic E-state index is 11.4. The molecule has 0 amide bonds. The van der Waals surface area contributed by atoms with Crippen molar-refractivity contribution < 1.29 is 18.7 Å². The molecule has 0 spiro atoms. The fourth-order valence-electron chi connectivity index (χ4n) is 0.0808. The minimum atomic E-state index is -2.00. The molecule has 0 aromatic rings. The molecule has 1 N–H and O–H groups in total. The molecule has 0 saturated heterocycles. The Morgan fingerprint density at radius 2 is 1.88 bits per heavy atom. The second kappa shape index (κ2) is 2.61. The molecule has 46 valence electrons. The topological polar surface area (TPSA) is 37.3 Å².